The molecule has 0 spiro atoms. The van der Waals surface area contributed by atoms with Crippen molar-refractivity contribution in [1.29, 1.82) is 0 Å². The van der Waals surface area contributed by atoms with Crippen LogP contribution in [0.3, 0.4) is 0 Å². The lowest BCUT2D eigenvalue weighted by Crippen LogP contribution is -2.30. The van der Waals surface area contributed by atoms with Crippen LogP contribution in [0.5, 0.6) is 0 Å². The third-order valence-corrected chi connectivity index (χ3v) is 15.4. The number of unbranched alkanes of at least 4 members (excludes halogenated alkanes) is 46. The molecular weight excluding hydrogens is 937 g/mol. The molecule has 6 heteroatoms. The number of ether oxygens (including phenoxy) is 3. The van der Waals surface area contributed by atoms with Crippen molar-refractivity contribution >= 4 is 17.9 Å². The van der Waals surface area contributed by atoms with Gasteiger partial charge in [0.05, 0.1) is 0 Å². The predicted molar refractivity (Wildman–Crippen MR) is 330 cm³/mol. The second kappa shape index (κ2) is 65.2. The van der Waals surface area contributed by atoms with E-state index in [9.17, 15) is 14.4 Å². The van der Waals surface area contributed by atoms with Crippen LogP contribution in [-0.2, 0) is 28.6 Å². The van der Waals surface area contributed by atoms with Gasteiger partial charge in [0.1, 0.15) is 13.2 Å². The zero-order valence-corrected chi connectivity index (χ0v) is 51.3. The average Bonchev–Trinajstić information content (AvgIpc) is 3.42. The van der Waals surface area contributed by atoms with Crippen LogP contribution < -0.4 is 0 Å². The van der Waals surface area contributed by atoms with E-state index in [0.717, 1.165) is 77.0 Å². The standard InChI is InChI=1S/C70H130O6/c1-4-7-10-13-16-19-22-25-28-31-33-35-37-39-42-45-48-51-54-57-60-63-69(72)75-66-67(65-74-68(71)62-59-56-53-50-47-44-41-38-30-27-24-21-18-15-12-9-6-3)76-70(73)64-61-58-55-52-49-46-43-40-36-34-32-29-26-23-20-17-14-11-8-5-2/h22,25,31,33,37,39,67H,4-21,23-24,26-30,32,34-36,38,40-66H2,1-3H3/b25-22-,33-31-,39-37-. The maximum absolute atomic E-state index is 12.9. The number of esters is 3. The Hall–Kier alpha value is -2.37. The number of hydrogen-bond donors (Lipinski definition) is 0. The molecule has 0 aromatic carbocycles. The maximum atomic E-state index is 12.9. The minimum Gasteiger partial charge on any atom is -0.462 e. The normalized spacial score (nSPS) is 12.2. The third-order valence-electron chi connectivity index (χ3n) is 15.4. The zero-order chi connectivity index (χ0) is 55.0. The van der Waals surface area contributed by atoms with Crippen molar-refractivity contribution in [1.82, 2.24) is 0 Å². The molecule has 0 aliphatic heterocycles. The highest BCUT2D eigenvalue weighted by Crippen LogP contribution is 2.18. The highest BCUT2D eigenvalue weighted by Gasteiger charge is 2.19. The molecule has 0 bridgehead atoms. The number of hydrogen-bond acceptors (Lipinski definition) is 6. The van der Waals surface area contributed by atoms with Gasteiger partial charge in [0.25, 0.3) is 0 Å². The van der Waals surface area contributed by atoms with Crippen molar-refractivity contribution in [2.24, 2.45) is 0 Å². The minimum atomic E-state index is -0.775. The fourth-order valence-electron chi connectivity index (χ4n) is 10.3. The van der Waals surface area contributed by atoms with E-state index >= 15 is 0 Å². The van der Waals surface area contributed by atoms with Crippen molar-refractivity contribution < 1.29 is 28.6 Å². The van der Waals surface area contributed by atoms with E-state index in [0.29, 0.717) is 19.3 Å². The molecule has 1 unspecified atom stereocenters. The highest BCUT2D eigenvalue weighted by atomic mass is 16.6. The largest absolute Gasteiger partial charge is 0.462 e. The van der Waals surface area contributed by atoms with Crippen LogP contribution in [0.15, 0.2) is 36.5 Å². The SMILES string of the molecule is CCCCCCC/C=C\C/C=C\C/C=C\CCCCCCCCC(=O)OCC(COC(=O)CCCCCCCCCCCCCCCCCCC)OC(=O)CCCCCCCCCCCCCCCCCCCCCC. The van der Waals surface area contributed by atoms with E-state index in [1.54, 1.807) is 0 Å². The van der Waals surface area contributed by atoms with Gasteiger partial charge in [0.15, 0.2) is 6.10 Å². The summed E-state index contributed by atoms with van der Waals surface area (Å²) in [5.74, 6) is -0.854. The Morgan fingerprint density at radius 2 is 0.474 bits per heavy atom. The van der Waals surface area contributed by atoms with E-state index in [4.69, 9.17) is 14.2 Å². The lowest BCUT2D eigenvalue weighted by atomic mass is 10.0. The fraction of sp³-hybridized carbons (Fsp3) is 0.871. The van der Waals surface area contributed by atoms with Crippen LogP contribution in [0.1, 0.15) is 374 Å². The van der Waals surface area contributed by atoms with Gasteiger partial charge in [0, 0.05) is 19.3 Å². The summed E-state index contributed by atoms with van der Waals surface area (Å²) in [6.45, 7) is 6.70. The van der Waals surface area contributed by atoms with Crippen LogP contribution in [0.4, 0.5) is 0 Å². The van der Waals surface area contributed by atoms with Gasteiger partial charge in [-0.25, -0.2) is 0 Å². The van der Waals surface area contributed by atoms with E-state index < -0.39 is 6.10 Å². The second-order valence-corrected chi connectivity index (χ2v) is 23.1. The molecule has 0 rings (SSSR count). The molecule has 0 N–H and O–H groups in total. The Morgan fingerprint density at radius 3 is 0.737 bits per heavy atom. The number of allylic oxidation sites excluding steroid dienone is 6. The van der Waals surface area contributed by atoms with E-state index in [-0.39, 0.29) is 31.1 Å². The maximum Gasteiger partial charge on any atom is 0.306 e. The monoisotopic (exact) mass is 1070 g/mol. The molecule has 0 saturated carbocycles. The van der Waals surface area contributed by atoms with Crippen molar-refractivity contribution in [3.05, 3.63) is 36.5 Å². The fourth-order valence-corrected chi connectivity index (χ4v) is 10.3. The molecule has 0 heterocycles. The first-order valence-electron chi connectivity index (χ1n) is 34.0. The van der Waals surface area contributed by atoms with Crippen LogP contribution in [0, 0.1) is 0 Å². The second-order valence-electron chi connectivity index (χ2n) is 23.1. The molecule has 0 aromatic heterocycles. The molecule has 1 atom stereocenters. The van der Waals surface area contributed by atoms with Gasteiger partial charge in [-0.2, -0.15) is 0 Å². The lowest BCUT2D eigenvalue weighted by molar-refractivity contribution is -0.167. The van der Waals surface area contributed by atoms with E-state index in [1.165, 1.54) is 257 Å². The van der Waals surface area contributed by atoms with Gasteiger partial charge < -0.3 is 14.2 Å². The van der Waals surface area contributed by atoms with Gasteiger partial charge in [-0.05, 0) is 57.8 Å². The summed E-state index contributed by atoms with van der Waals surface area (Å²) in [5, 5.41) is 0. The first kappa shape index (κ1) is 73.6. The Bertz CT molecular complexity index is 1270. The van der Waals surface area contributed by atoms with E-state index in [1.807, 2.05) is 0 Å². The molecule has 0 fully saturated rings. The third kappa shape index (κ3) is 62.5. The molecule has 0 aliphatic carbocycles. The summed E-state index contributed by atoms with van der Waals surface area (Å²) in [5.41, 5.74) is 0. The van der Waals surface area contributed by atoms with Crippen LogP contribution in [0.2, 0.25) is 0 Å². The lowest BCUT2D eigenvalue weighted by Gasteiger charge is -2.18. The number of carbonyl (C=O) groups excluding carboxylic acids is 3. The topological polar surface area (TPSA) is 78.9 Å². The van der Waals surface area contributed by atoms with E-state index in [2.05, 4.69) is 57.2 Å². The highest BCUT2D eigenvalue weighted by molar-refractivity contribution is 5.71. The Morgan fingerprint density at radius 1 is 0.263 bits per heavy atom. The molecule has 446 valence electrons. The first-order chi connectivity index (χ1) is 37.5. The van der Waals surface area contributed by atoms with Gasteiger partial charge in [-0.1, -0.05) is 333 Å². The summed E-state index contributed by atoms with van der Waals surface area (Å²) in [6, 6.07) is 0. The van der Waals surface area contributed by atoms with Gasteiger partial charge >= 0.3 is 17.9 Å². The summed E-state index contributed by atoms with van der Waals surface area (Å²) < 4.78 is 17.0. The molecule has 76 heavy (non-hydrogen) atoms. The summed E-state index contributed by atoms with van der Waals surface area (Å²) in [7, 11) is 0. The minimum absolute atomic E-state index is 0.0705. The first-order valence-corrected chi connectivity index (χ1v) is 34.0. The molecule has 6 nitrogen and oxygen atoms in total. The van der Waals surface area contributed by atoms with Crippen molar-refractivity contribution in [3.8, 4) is 0 Å². The summed E-state index contributed by atoms with van der Waals surface area (Å²) in [4.78, 5) is 38.4. The molecule has 0 aromatic rings. The van der Waals surface area contributed by atoms with Crippen molar-refractivity contribution in [2.45, 2.75) is 380 Å². The Labute approximate surface area is 474 Å². The molecule has 0 radical (unpaired) electrons. The molecule has 0 amide bonds. The smallest absolute Gasteiger partial charge is 0.306 e. The van der Waals surface area contributed by atoms with Gasteiger partial charge in [-0.3, -0.25) is 14.4 Å². The van der Waals surface area contributed by atoms with Crippen LogP contribution in [0.25, 0.3) is 0 Å². The van der Waals surface area contributed by atoms with Crippen molar-refractivity contribution in [2.75, 3.05) is 13.2 Å². The van der Waals surface area contributed by atoms with Crippen molar-refractivity contribution in [3.63, 3.8) is 0 Å². The zero-order valence-electron chi connectivity index (χ0n) is 51.3. The quantitative estimate of drug-likeness (QED) is 0.0261. The molecule has 0 saturated heterocycles. The van der Waals surface area contributed by atoms with Crippen LogP contribution in [-0.4, -0.2) is 37.2 Å². The Balaban J connectivity index is 4.34. The Kier molecular flexibility index (Phi) is 63.1. The summed E-state index contributed by atoms with van der Waals surface area (Å²) in [6.07, 6.45) is 80.1. The predicted octanol–water partition coefficient (Wildman–Crippen LogP) is 23.2. The van der Waals surface area contributed by atoms with Gasteiger partial charge in [-0.15, -0.1) is 0 Å². The molecular formula is C70H130O6. The van der Waals surface area contributed by atoms with Crippen LogP contribution >= 0.6 is 0 Å². The summed E-state index contributed by atoms with van der Waals surface area (Å²) >= 11 is 0. The number of carbonyl (C=O) groups is 3. The average molecular weight is 1070 g/mol. The van der Waals surface area contributed by atoms with Gasteiger partial charge in [0.2, 0.25) is 0 Å². The number of rotatable bonds is 63. The molecule has 0 aliphatic rings.